The van der Waals surface area contributed by atoms with E-state index < -0.39 is 29.6 Å². The zero-order valence-electron chi connectivity index (χ0n) is 7.53. The standard InChI is InChI=1S/C8H5F4NO3/c9-6(7(15)16)13-3-4(8(10,11)12)1-2-5(13)14/h1-3,6H,(H,15,16). The first-order chi connectivity index (χ1) is 7.23. The molecule has 4 nitrogen and oxygen atoms in total. The Balaban J connectivity index is 3.30. The molecule has 0 amide bonds. The third-order valence-electron chi connectivity index (χ3n) is 1.71. The molecule has 0 fully saturated rings. The van der Waals surface area contributed by atoms with Crippen molar-refractivity contribution in [3.63, 3.8) is 0 Å². The molecule has 1 atom stereocenters. The van der Waals surface area contributed by atoms with Gasteiger partial charge in [-0.15, -0.1) is 0 Å². The number of carbonyl (C=O) groups is 1. The van der Waals surface area contributed by atoms with Gasteiger partial charge in [-0.2, -0.15) is 13.2 Å². The van der Waals surface area contributed by atoms with Crippen molar-refractivity contribution < 1.29 is 27.5 Å². The summed E-state index contributed by atoms with van der Waals surface area (Å²) >= 11 is 0. The highest BCUT2D eigenvalue weighted by Gasteiger charge is 2.32. The minimum absolute atomic E-state index is 0.126. The largest absolute Gasteiger partial charge is 0.478 e. The molecule has 0 aliphatic heterocycles. The maximum atomic E-state index is 12.9. The molecule has 0 spiro atoms. The van der Waals surface area contributed by atoms with Crippen LogP contribution in [0.3, 0.4) is 0 Å². The normalized spacial score (nSPS) is 13.5. The zero-order chi connectivity index (χ0) is 12.5. The van der Waals surface area contributed by atoms with Crippen LogP contribution in [0.1, 0.15) is 11.9 Å². The number of nitrogens with zero attached hydrogens (tertiary/aromatic N) is 1. The molecule has 0 saturated heterocycles. The van der Waals surface area contributed by atoms with E-state index in [2.05, 4.69) is 0 Å². The van der Waals surface area contributed by atoms with Crippen LogP contribution in [0, 0.1) is 0 Å². The van der Waals surface area contributed by atoms with Gasteiger partial charge in [0.25, 0.3) is 11.9 Å². The Bertz CT molecular complexity index is 465. The predicted molar refractivity (Wildman–Crippen MR) is 43.5 cm³/mol. The van der Waals surface area contributed by atoms with Crippen molar-refractivity contribution in [2.75, 3.05) is 0 Å². The first-order valence-corrected chi connectivity index (χ1v) is 3.90. The molecule has 0 aromatic carbocycles. The van der Waals surface area contributed by atoms with E-state index >= 15 is 0 Å². The summed E-state index contributed by atoms with van der Waals surface area (Å²) in [6.45, 7) is 0. The van der Waals surface area contributed by atoms with Crippen molar-refractivity contribution in [1.29, 1.82) is 0 Å². The van der Waals surface area contributed by atoms with Crippen LogP contribution in [0.2, 0.25) is 0 Å². The van der Waals surface area contributed by atoms with Crippen LogP contribution in [0.25, 0.3) is 0 Å². The Kier molecular flexibility index (Phi) is 3.02. The number of aromatic nitrogens is 1. The Hall–Kier alpha value is -1.86. The van der Waals surface area contributed by atoms with Gasteiger partial charge in [0, 0.05) is 12.3 Å². The quantitative estimate of drug-likeness (QED) is 0.794. The lowest BCUT2D eigenvalue weighted by atomic mass is 10.2. The van der Waals surface area contributed by atoms with Crippen LogP contribution in [0.15, 0.2) is 23.1 Å². The van der Waals surface area contributed by atoms with Crippen LogP contribution in [-0.4, -0.2) is 15.6 Å². The molecule has 0 aliphatic rings. The number of carboxylic acids is 1. The Morgan fingerprint density at radius 1 is 1.38 bits per heavy atom. The average Bonchev–Trinajstić information content (AvgIpc) is 2.15. The molecule has 1 rings (SSSR count). The fourth-order valence-corrected chi connectivity index (χ4v) is 0.967. The van der Waals surface area contributed by atoms with Crippen molar-refractivity contribution in [1.82, 2.24) is 4.57 Å². The molecule has 1 heterocycles. The highest BCUT2D eigenvalue weighted by Crippen LogP contribution is 2.28. The van der Waals surface area contributed by atoms with Crippen LogP contribution in [0.5, 0.6) is 0 Å². The van der Waals surface area contributed by atoms with Crippen molar-refractivity contribution >= 4 is 5.97 Å². The Labute approximate surface area is 85.7 Å². The monoisotopic (exact) mass is 239 g/mol. The third kappa shape index (κ3) is 2.38. The van der Waals surface area contributed by atoms with E-state index in [9.17, 15) is 27.2 Å². The van der Waals surface area contributed by atoms with Crippen LogP contribution >= 0.6 is 0 Å². The minimum Gasteiger partial charge on any atom is -0.478 e. The lowest BCUT2D eigenvalue weighted by Crippen LogP contribution is -2.27. The molecule has 1 aromatic heterocycles. The van der Waals surface area contributed by atoms with Crippen LogP contribution in [0.4, 0.5) is 17.6 Å². The summed E-state index contributed by atoms with van der Waals surface area (Å²) in [4.78, 5) is 21.1. The number of pyridine rings is 1. The lowest BCUT2D eigenvalue weighted by Gasteiger charge is -2.11. The highest BCUT2D eigenvalue weighted by molar-refractivity contribution is 5.70. The molecule has 8 heteroatoms. The number of halogens is 4. The molecule has 1 aromatic rings. The number of hydrogen-bond donors (Lipinski definition) is 1. The SMILES string of the molecule is O=C(O)C(F)n1cc(C(F)(F)F)ccc1=O. The predicted octanol–water partition coefficient (Wildman–Crippen LogP) is 1.42. The summed E-state index contributed by atoms with van der Waals surface area (Å²) in [7, 11) is 0. The first kappa shape index (κ1) is 12.2. The maximum absolute atomic E-state index is 12.9. The van der Waals surface area contributed by atoms with Gasteiger partial charge in [0.2, 0.25) is 0 Å². The number of rotatable bonds is 2. The molecule has 16 heavy (non-hydrogen) atoms. The summed E-state index contributed by atoms with van der Waals surface area (Å²) in [6.07, 6.45) is -7.48. The van der Waals surface area contributed by atoms with Crippen LogP contribution < -0.4 is 5.56 Å². The van der Waals surface area contributed by atoms with E-state index in [4.69, 9.17) is 5.11 Å². The molecule has 0 bridgehead atoms. The van der Waals surface area contributed by atoms with Crippen molar-refractivity contribution in [2.24, 2.45) is 0 Å². The molecule has 1 unspecified atom stereocenters. The molecular weight excluding hydrogens is 234 g/mol. The van der Waals surface area contributed by atoms with Crippen molar-refractivity contribution in [3.05, 3.63) is 34.2 Å². The van der Waals surface area contributed by atoms with E-state index in [0.717, 1.165) is 0 Å². The van der Waals surface area contributed by atoms with E-state index in [1.807, 2.05) is 0 Å². The maximum Gasteiger partial charge on any atom is 0.417 e. The first-order valence-electron chi connectivity index (χ1n) is 3.90. The van der Waals surface area contributed by atoms with E-state index in [1.165, 1.54) is 0 Å². The van der Waals surface area contributed by atoms with Gasteiger partial charge in [-0.3, -0.25) is 9.36 Å². The summed E-state index contributed by atoms with van der Waals surface area (Å²) in [5.74, 6) is -2.04. The molecule has 88 valence electrons. The third-order valence-corrected chi connectivity index (χ3v) is 1.71. The van der Waals surface area contributed by atoms with Gasteiger partial charge in [0.15, 0.2) is 0 Å². The topological polar surface area (TPSA) is 59.3 Å². The number of hydrogen-bond acceptors (Lipinski definition) is 2. The summed E-state index contributed by atoms with van der Waals surface area (Å²) < 4.78 is 49.3. The Morgan fingerprint density at radius 2 is 1.94 bits per heavy atom. The van der Waals surface area contributed by atoms with Gasteiger partial charge in [-0.25, -0.2) is 9.18 Å². The second kappa shape index (κ2) is 3.95. The summed E-state index contributed by atoms with van der Waals surface area (Å²) in [5, 5.41) is 8.24. The fraction of sp³-hybridized carbons (Fsp3) is 0.250. The second-order valence-electron chi connectivity index (χ2n) is 2.84. The van der Waals surface area contributed by atoms with Crippen molar-refractivity contribution in [3.8, 4) is 0 Å². The van der Waals surface area contributed by atoms with Gasteiger partial charge in [0.1, 0.15) is 0 Å². The molecule has 0 radical (unpaired) electrons. The molecule has 0 aliphatic carbocycles. The van der Waals surface area contributed by atoms with E-state index in [1.54, 1.807) is 0 Å². The van der Waals surface area contributed by atoms with Crippen LogP contribution in [-0.2, 0) is 11.0 Å². The fourth-order valence-electron chi connectivity index (χ4n) is 0.967. The molecule has 1 N–H and O–H groups in total. The van der Waals surface area contributed by atoms with Gasteiger partial charge >= 0.3 is 12.1 Å². The van der Waals surface area contributed by atoms with Gasteiger partial charge in [0.05, 0.1) is 5.56 Å². The Morgan fingerprint density at radius 3 is 2.38 bits per heavy atom. The van der Waals surface area contributed by atoms with Crippen molar-refractivity contribution in [2.45, 2.75) is 12.5 Å². The highest BCUT2D eigenvalue weighted by atomic mass is 19.4. The minimum atomic E-state index is -4.77. The molecule has 0 saturated carbocycles. The van der Waals surface area contributed by atoms with Gasteiger partial charge < -0.3 is 5.11 Å². The molecular formula is C8H5F4NO3. The smallest absolute Gasteiger partial charge is 0.417 e. The number of carboxylic acid groups (broad SMARTS) is 1. The summed E-state index contributed by atoms with van der Waals surface area (Å²) in [6, 6.07) is 0.908. The van der Waals surface area contributed by atoms with Gasteiger partial charge in [-0.1, -0.05) is 0 Å². The second-order valence-corrected chi connectivity index (χ2v) is 2.84. The zero-order valence-corrected chi connectivity index (χ0v) is 7.53. The average molecular weight is 239 g/mol. The lowest BCUT2D eigenvalue weighted by molar-refractivity contribution is -0.147. The number of aliphatic carboxylic acids is 1. The van der Waals surface area contributed by atoms with E-state index in [-0.39, 0.29) is 10.8 Å². The van der Waals surface area contributed by atoms with E-state index in [0.29, 0.717) is 12.1 Å². The van der Waals surface area contributed by atoms with Gasteiger partial charge in [-0.05, 0) is 6.07 Å². The summed E-state index contributed by atoms with van der Waals surface area (Å²) in [5.41, 5.74) is -2.46. The number of alkyl halides is 4.